The van der Waals surface area contributed by atoms with Gasteiger partial charge in [-0.3, -0.25) is 0 Å². The third kappa shape index (κ3) is 2.45. The zero-order valence-corrected chi connectivity index (χ0v) is 12.3. The lowest BCUT2D eigenvalue weighted by atomic mass is 10.1. The third-order valence-electron chi connectivity index (χ3n) is 3.19. The Morgan fingerprint density at radius 2 is 1.90 bits per heavy atom. The number of aromatic carboxylic acids is 1. The van der Waals surface area contributed by atoms with Crippen LogP contribution in [-0.2, 0) is 0 Å². The van der Waals surface area contributed by atoms with Crippen LogP contribution in [0.25, 0.3) is 22.2 Å². The van der Waals surface area contributed by atoms with E-state index in [1.165, 1.54) is 16.5 Å². The Morgan fingerprint density at radius 1 is 1.19 bits per heavy atom. The molecule has 0 unspecified atom stereocenters. The molecular weight excluding hydrogens is 288 g/mol. The summed E-state index contributed by atoms with van der Waals surface area (Å²) in [7, 11) is 0. The highest BCUT2D eigenvalue weighted by Crippen LogP contribution is 2.32. The minimum atomic E-state index is -1.02. The lowest BCUT2D eigenvalue weighted by molar-refractivity contribution is 0.0697. The van der Waals surface area contributed by atoms with E-state index in [-0.39, 0.29) is 11.5 Å². The molecule has 106 valence electrons. The quantitative estimate of drug-likeness (QED) is 0.796. The molecule has 0 radical (unpaired) electrons. The van der Waals surface area contributed by atoms with Crippen molar-refractivity contribution in [2.45, 2.75) is 13.8 Å². The van der Waals surface area contributed by atoms with Crippen molar-refractivity contribution in [3.05, 3.63) is 46.3 Å². The molecule has 0 fully saturated rings. The molecule has 3 rings (SSSR count). The standard InChI is InChI=1S/C15H12N2O3S/c1-8-7-12(21-9(8)2)14-17-16-13(20-14)10-5-3-4-6-11(10)15(18)19/h3-7H,1-2H3,(H,18,19). The van der Waals surface area contributed by atoms with E-state index in [0.717, 1.165) is 4.88 Å². The molecule has 5 nitrogen and oxygen atoms in total. The van der Waals surface area contributed by atoms with Crippen LogP contribution in [0.3, 0.4) is 0 Å². The van der Waals surface area contributed by atoms with E-state index in [1.807, 2.05) is 19.9 Å². The molecule has 2 aromatic heterocycles. The number of hydrogen-bond donors (Lipinski definition) is 1. The zero-order valence-electron chi connectivity index (χ0n) is 11.5. The van der Waals surface area contributed by atoms with Crippen LogP contribution in [0, 0.1) is 13.8 Å². The molecule has 0 aliphatic rings. The second-order valence-corrected chi connectivity index (χ2v) is 5.87. The Hall–Kier alpha value is -2.47. The van der Waals surface area contributed by atoms with E-state index >= 15 is 0 Å². The second-order valence-electron chi connectivity index (χ2n) is 4.61. The predicted molar refractivity (Wildman–Crippen MR) is 79.5 cm³/mol. The maximum atomic E-state index is 11.2. The molecule has 0 spiro atoms. The predicted octanol–water partition coefficient (Wildman–Crippen LogP) is 3.78. The number of benzene rings is 1. The van der Waals surface area contributed by atoms with Crippen LogP contribution in [0.5, 0.6) is 0 Å². The van der Waals surface area contributed by atoms with Crippen LogP contribution in [0.15, 0.2) is 34.7 Å². The first kappa shape index (κ1) is 13.5. The molecule has 1 aromatic carbocycles. The van der Waals surface area contributed by atoms with Gasteiger partial charge in [0.15, 0.2) is 0 Å². The van der Waals surface area contributed by atoms with Crippen molar-refractivity contribution in [3.63, 3.8) is 0 Å². The van der Waals surface area contributed by atoms with Gasteiger partial charge in [-0.15, -0.1) is 21.5 Å². The third-order valence-corrected chi connectivity index (χ3v) is 4.33. The van der Waals surface area contributed by atoms with Gasteiger partial charge in [0.05, 0.1) is 16.0 Å². The van der Waals surface area contributed by atoms with Crippen LogP contribution in [-0.4, -0.2) is 21.3 Å². The lowest BCUT2D eigenvalue weighted by Crippen LogP contribution is -1.98. The fourth-order valence-corrected chi connectivity index (χ4v) is 2.92. The molecule has 2 heterocycles. The van der Waals surface area contributed by atoms with Crippen molar-refractivity contribution in [1.29, 1.82) is 0 Å². The summed E-state index contributed by atoms with van der Waals surface area (Å²) >= 11 is 1.57. The zero-order chi connectivity index (χ0) is 15.0. The summed E-state index contributed by atoms with van der Waals surface area (Å²) in [5.41, 5.74) is 1.74. The first-order chi connectivity index (χ1) is 10.1. The number of aromatic nitrogens is 2. The van der Waals surface area contributed by atoms with E-state index < -0.39 is 5.97 Å². The van der Waals surface area contributed by atoms with Gasteiger partial charge in [0.2, 0.25) is 5.89 Å². The van der Waals surface area contributed by atoms with Crippen molar-refractivity contribution in [1.82, 2.24) is 10.2 Å². The summed E-state index contributed by atoms with van der Waals surface area (Å²) in [6.07, 6.45) is 0. The molecule has 0 aliphatic heterocycles. The summed E-state index contributed by atoms with van der Waals surface area (Å²) in [5, 5.41) is 17.2. The largest absolute Gasteiger partial charge is 0.478 e. The van der Waals surface area contributed by atoms with Gasteiger partial charge in [0.25, 0.3) is 5.89 Å². The fraction of sp³-hybridized carbons (Fsp3) is 0.133. The average Bonchev–Trinajstić information content (AvgIpc) is 3.07. The Kier molecular flexibility index (Phi) is 3.31. The molecule has 0 saturated carbocycles. The first-order valence-electron chi connectivity index (χ1n) is 6.30. The fourth-order valence-electron chi connectivity index (χ4n) is 1.97. The summed E-state index contributed by atoms with van der Waals surface area (Å²) in [6, 6.07) is 8.56. The Bertz CT molecular complexity index is 800. The summed E-state index contributed by atoms with van der Waals surface area (Å²) in [6.45, 7) is 4.05. The number of carboxylic acid groups (broad SMARTS) is 1. The van der Waals surface area contributed by atoms with Gasteiger partial charge in [-0.25, -0.2) is 4.79 Å². The number of nitrogens with zero attached hydrogens (tertiary/aromatic N) is 2. The number of thiophene rings is 1. The number of hydrogen-bond acceptors (Lipinski definition) is 5. The van der Waals surface area contributed by atoms with Crippen molar-refractivity contribution in [3.8, 4) is 22.2 Å². The van der Waals surface area contributed by atoms with Gasteiger partial charge in [-0.1, -0.05) is 12.1 Å². The maximum Gasteiger partial charge on any atom is 0.336 e. The molecule has 21 heavy (non-hydrogen) atoms. The highest BCUT2D eigenvalue weighted by atomic mass is 32.1. The molecular formula is C15H12N2O3S. The first-order valence-corrected chi connectivity index (χ1v) is 7.11. The summed E-state index contributed by atoms with van der Waals surface area (Å²) in [4.78, 5) is 13.3. The molecule has 0 saturated heterocycles. The molecule has 6 heteroatoms. The maximum absolute atomic E-state index is 11.2. The number of rotatable bonds is 3. The van der Waals surface area contributed by atoms with E-state index in [4.69, 9.17) is 4.42 Å². The van der Waals surface area contributed by atoms with Gasteiger partial charge < -0.3 is 9.52 Å². The van der Waals surface area contributed by atoms with Gasteiger partial charge in [0, 0.05) is 4.88 Å². The molecule has 0 amide bonds. The van der Waals surface area contributed by atoms with Crippen molar-refractivity contribution >= 4 is 17.3 Å². The van der Waals surface area contributed by atoms with Gasteiger partial charge >= 0.3 is 5.97 Å². The van der Waals surface area contributed by atoms with Gasteiger partial charge in [-0.05, 0) is 37.6 Å². The van der Waals surface area contributed by atoms with Crippen LogP contribution < -0.4 is 0 Å². The highest BCUT2D eigenvalue weighted by molar-refractivity contribution is 7.15. The normalized spacial score (nSPS) is 10.8. The smallest absolute Gasteiger partial charge is 0.336 e. The Morgan fingerprint density at radius 3 is 2.57 bits per heavy atom. The van der Waals surface area contributed by atoms with E-state index in [2.05, 4.69) is 10.2 Å². The van der Waals surface area contributed by atoms with Crippen molar-refractivity contribution < 1.29 is 14.3 Å². The molecule has 0 aliphatic carbocycles. The number of aryl methyl sites for hydroxylation is 2. The van der Waals surface area contributed by atoms with Crippen LogP contribution >= 0.6 is 11.3 Å². The number of carboxylic acids is 1. The minimum absolute atomic E-state index is 0.145. The van der Waals surface area contributed by atoms with Gasteiger partial charge in [0.1, 0.15) is 0 Å². The summed E-state index contributed by atoms with van der Waals surface area (Å²) in [5.74, 6) is -0.397. The van der Waals surface area contributed by atoms with E-state index in [9.17, 15) is 9.90 Å². The molecule has 0 atom stereocenters. The van der Waals surface area contributed by atoms with Crippen molar-refractivity contribution in [2.75, 3.05) is 0 Å². The second kappa shape index (κ2) is 5.14. The molecule has 0 bridgehead atoms. The SMILES string of the molecule is Cc1cc(-c2nnc(-c3ccccc3C(=O)O)o2)sc1C. The number of carbonyl (C=O) groups is 1. The van der Waals surface area contributed by atoms with E-state index in [1.54, 1.807) is 29.5 Å². The molecule has 3 aromatic rings. The van der Waals surface area contributed by atoms with Crippen LogP contribution in [0.1, 0.15) is 20.8 Å². The Balaban J connectivity index is 2.05. The monoisotopic (exact) mass is 300 g/mol. The van der Waals surface area contributed by atoms with Gasteiger partial charge in [-0.2, -0.15) is 0 Å². The topological polar surface area (TPSA) is 76.2 Å². The van der Waals surface area contributed by atoms with Crippen LogP contribution in [0.4, 0.5) is 0 Å². The van der Waals surface area contributed by atoms with Crippen LogP contribution in [0.2, 0.25) is 0 Å². The molecule has 1 N–H and O–H groups in total. The lowest BCUT2D eigenvalue weighted by Gasteiger charge is -1.99. The van der Waals surface area contributed by atoms with E-state index in [0.29, 0.717) is 11.5 Å². The minimum Gasteiger partial charge on any atom is -0.478 e. The average molecular weight is 300 g/mol. The van der Waals surface area contributed by atoms with Crippen molar-refractivity contribution in [2.24, 2.45) is 0 Å². The summed E-state index contributed by atoms with van der Waals surface area (Å²) < 4.78 is 5.64. The Labute approximate surface area is 124 Å². The highest BCUT2D eigenvalue weighted by Gasteiger charge is 2.18.